The summed E-state index contributed by atoms with van der Waals surface area (Å²) in [6.45, 7) is 3.54. The predicted molar refractivity (Wildman–Crippen MR) is 67.6 cm³/mol. The highest BCUT2D eigenvalue weighted by molar-refractivity contribution is 7.89. The molecule has 1 aromatic rings. The molecule has 1 aromatic carbocycles. The van der Waals surface area contributed by atoms with Crippen molar-refractivity contribution >= 4 is 16.0 Å². The first-order chi connectivity index (χ1) is 8.96. The summed E-state index contributed by atoms with van der Waals surface area (Å²) in [4.78, 5) is 9.93. The van der Waals surface area contributed by atoms with Gasteiger partial charge in [0.2, 0.25) is 10.0 Å². The van der Waals surface area contributed by atoms with Crippen LogP contribution in [0.25, 0.3) is 0 Å². The highest BCUT2D eigenvalue weighted by atomic mass is 32.2. The molecule has 0 amide bonds. The first-order valence-corrected chi connectivity index (χ1v) is 7.10. The second kappa shape index (κ2) is 5.45. The Hall–Kier alpha value is -1.54. The fourth-order valence-electron chi connectivity index (χ4n) is 1.60. The van der Waals surface area contributed by atoms with Crippen LogP contribution in [-0.2, 0) is 14.8 Å². The molecule has 0 spiro atoms. The van der Waals surface area contributed by atoms with E-state index in [-0.39, 0.29) is 0 Å². The van der Waals surface area contributed by atoms with Crippen molar-refractivity contribution in [1.82, 2.24) is 4.31 Å². The maximum atomic E-state index is 13.6. The van der Waals surface area contributed by atoms with Crippen molar-refractivity contribution in [2.75, 3.05) is 6.54 Å². The smallest absolute Gasteiger partial charge is 0.318 e. The Balaban J connectivity index is 3.44. The molecule has 0 aliphatic carbocycles. The SMILES string of the molecule is CC(C)(C)N(CC(=O)O)S(=O)(=O)c1cc(F)ccc1F. The molecule has 0 aliphatic rings. The minimum Gasteiger partial charge on any atom is -0.480 e. The number of nitrogens with zero attached hydrogens (tertiary/aromatic N) is 1. The summed E-state index contributed by atoms with van der Waals surface area (Å²) in [5.41, 5.74) is -1.10. The zero-order valence-electron chi connectivity index (χ0n) is 11.2. The van der Waals surface area contributed by atoms with Crippen LogP contribution >= 0.6 is 0 Å². The van der Waals surface area contributed by atoms with Crippen LogP contribution in [0.4, 0.5) is 8.78 Å². The summed E-state index contributed by atoms with van der Waals surface area (Å²) < 4.78 is 52.1. The van der Waals surface area contributed by atoms with E-state index in [2.05, 4.69) is 0 Å². The van der Waals surface area contributed by atoms with Gasteiger partial charge in [-0.05, 0) is 39.0 Å². The summed E-state index contributed by atoms with van der Waals surface area (Å²) >= 11 is 0. The van der Waals surface area contributed by atoms with Crippen molar-refractivity contribution in [1.29, 1.82) is 0 Å². The average Bonchev–Trinajstić information content (AvgIpc) is 2.27. The van der Waals surface area contributed by atoms with Gasteiger partial charge in [0.25, 0.3) is 0 Å². The number of carbonyl (C=O) groups is 1. The highest BCUT2D eigenvalue weighted by Gasteiger charge is 2.37. The summed E-state index contributed by atoms with van der Waals surface area (Å²) in [5, 5.41) is 8.81. The third-order valence-corrected chi connectivity index (χ3v) is 4.61. The van der Waals surface area contributed by atoms with E-state index in [4.69, 9.17) is 5.11 Å². The van der Waals surface area contributed by atoms with Crippen LogP contribution in [0.5, 0.6) is 0 Å². The van der Waals surface area contributed by atoms with E-state index in [0.29, 0.717) is 16.4 Å². The predicted octanol–water partition coefficient (Wildman–Crippen LogP) is 1.84. The molecule has 0 heterocycles. The largest absolute Gasteiger partial charge is 0.480 e. The first-order valence-electron chi connectivity index (χ1n) is 5.66. The molecule has 8 heteroatoms. The zero-order chi connectivity index (χ0) is 15.7. The second-order valence-electron chi connectivity index (χ2n) is 5.15. The van der Waals surface area contributed by atoms with Crippen molar-refractivity contribution in [2.24, 2.45) is 0 Å². The Kier molecular flexibility index (Phi) is 4.50. The number of sulfonamides is 1. The van der Waals surface area contributed by atoms with E-state index in [1.165, 1.54) is 20.8 Å². The van der Waals surface area contributed by atoms with Gasteiger partial charge in [0.15, 0.2) is 0 Å². The number of rotatable bonds is 4. The lowest BCUT2D eigenvalue weighted by molar-refractivity contribution is -0.138. The lowest BCUT2D eigenvalue weighted by Crippen LogP contribution is -2.48. The minimum absolute atomic E-state index is 0.533. The molecule has 0 atom stereocenters. The average molecular weight is 307 g/mol. The molecular formula is C12H15F2NO4S. The molecular weight excluding hydrogens is 292 g/mol. The van der Waals surface area contributed by atoms with Gasteiger partial charge < -0.3 is 5.11 Å². The number of halogens is 2. The van der Waals surface area contributed by atoms with E-state index in [9.17, 15) is 22.0 Å². The molecule has 0 aliphatic heterocycles. The molecule has 0 radical (unpaired) electrons. The molecule has 0 aromatic heterocycles. The van der Waals surface area contributed by atoms with Gasteiger partial charge >= 0.3 is 5.97 Å². The van der Waals surface area contributed by atoms with Crippen LogP contribution in [0.3, 0.4) is 0 Å². The summed E-state index contributed by atoms with van der Waals surface area (Å²) in [6, 6.07) is 2.00. The Labute approximate surface area is 115 Å². The van der Waals surface area contributed by atoms with Crippen LogP contribution < -0.4 is 0 Å². The summed E-state index contributed by atoms with van der Waals surface area (Å²) in [5.74, 6) is -3.44. The van der Waals surface area contributed by atoms with Crippen LogP contribution in [0.1, 0.15) is 20.8 Å². The molecule has 20 heavy (non-hydrogen) atoms. The molecule has 1 rings (SSSR count). The van der Waals surface area contributed by atoms with E-state index in [1.54, 1.807) is 0 Å². The van der Waals surface area contributed by atoms with Crippen molar-refractivity contribution in [3.63, 3.8) is 0 Å². The normalized spacial score (nSPS) is 12.7. The van der Waals surface area contributed by atoms with E-state index < -0.39 is 44.6 Å². The maximum absolute atomic E-state index is 13.6. The number of carboxylic acids is 1. The summed E-state index contributed by atoms with van der Waals surface area (Å²) in [6.07, 6.45) is 0. The molecule has 0 fully saturated rings. The van der Waals surface area contributed by atoms with Gasteiger partial charge in [0.1, 0.15) is 23.1 Å². The van der Waals surface area contributed by atoms with Gasteiger partial charge in [0.05, 0.1) is 0 Å². The summed E-state index contributed by atoms with van der Waals surface area (Å²) in [7, 11) is -4.47. The molecule has 0 bridgehead atoms. The third-order valence-electron chi connectivity index (χ3n) is 2.49. The quantitative estimate of drug-likeness (QED) is 0.921. The number of hydrogen-bond donors (Lipinski definition) is 1. The Morgan fingerprint density at radius 1 is 1.30 bits per heavy atom. The van der Waals surface area contributed by atoms with Gasteiger partial charge in [-0.2, -0.15) is 4.31 Å². The number of benzene rings is 1. The maximum Gasteiger partial charge on any atom is 0.318 e. The van der Waals surface area contributed by atoms with Crippen LogP contribution in [0.15, 0.2) is 23.1 Å². The van der Waals surface area contributed by atoms with Crippen molar-refractivity contribution in [3.05, 3.63) is 29.8 Å². The van der Waals surface area contributed by atoms with Crippen LogP contribution in [0.2, 0.25) is 0 Å². The molecule has 5 nitrogen and oxygen atoms in total. The highest BCUT2D eigenvalue weighted by Crippen LogP contribution is 2.26. The molecule has 0 saturated heterocycles. The Morgan fingerprint density at radius 2 is 1.85 bits per heavy atom. The Bertz CT molecular complexity index is 623. The molecule has 0 saturated carbocycles. The van der Waals surface area contributed by atoms with Crippen molar-refractivity contribution in [2.45, 2.75) is 31.2 Å². The zero-order valence-corrected chi connectivity index (χ0v) is 12.0. The fourth-order valence-corrected chi connectivity index (χ4v) is 3.41. The van der Waals surface area contributed by atoms with Gasteiger partial charge in [-0.15, -0.1) is 0 Å². The van der Waals surface area contributed by atoms with Crippen LogP contribution in [0, 0.1) is 11.6 Å². The lowest BCUT2D eigenvalue weighted by atomic mass is 10.1. The van der Waals surface area contributed by atoms with Gasteiger partial charge in [-0.3, -0.25) is 4.79 Å². The monoisotopic (exact) mass is 307 g/mol. The second-order valence-corrected chi connectivity index (χ2v) is 6.98. The molecule has 1 N–H and O–H groups in total. The number of hydrogen-bond acceptors (Lipinski definition) is 3. The van der Waals surface area contributed by atoms with E-state index in [0.717, 1.165) is 6.07 Å². The van der Waals surface area contributed by atoms with Crippen LogP contribution in [-0.4, -0.2) is 35.9 Å². The lowest BCUT2D eigenvalue weighted by Gasteiger charge is -2.33. The minimum atomic E-state index is -4.47. The van der Waals surface area contributed by atoms with E-state index >= 15 is 0 Å². The fraction of sp³-hybridized carbons (Fsp3) is 0.417. The topological polar surface area (TPSA) is 74.7 Å². The third kappa shape index (κ3) is 3.51. The van der Waals surface area contributed by atoms with E-state index in [1.807, 2.05) is 0 Å². The van der Waals surface area contributed by atoms with Gasteiger partial charge in [-0.1, -0.05) is 0 Å². The number of aliphatic carboxylic acids is 1. The number of carboxylic acid groups (broad SMARTS) is 1. The molecule has 0 unspecified atom stereocenters. The Morgan fingerprint density at radius 3 is 2.30 bits per heavy atom. The standard InChI is InChI=1S/C12H15F2NO4S/c1-12(2,3)15(7-11(16)17)20(18,19)10-6-8(13)4-5-9(10)14/h4-6H,7H2,1-3H3,(H,16,17). The first kappa shape index (κ1) is 16.5. The van der Waals surface area contributed by atoms with Crippen molar-refractivity contribution < 1.29 is 27.1 Å². The van der Waals surface area contributed by atoms with Gasteiger partial charge in [0, 0.05) is 5.54 Å². The molecule has 112 valence electrons. The van der Waals surface area contributed by atoms with Gasteiger partial charge in [-0.25, -0.2) is 17.2 Å². The van der Waals surface area contributed by atoms with Crippen molar-refractivity contribution in [3.8, 4) is 0 Å².